The highest BCUT2D eigenvalue weighted by Crippen LogP contribution is 2.22. The average Bonchev–Trinajstić information content (AvgIpc) is 3.11. The summed E-state index contributed by atoms with van der Waals surface area (Å²) in [7, 11) is 0. The van der Waals surface area contributed by atoms with Gasteiger partial charge in [0, 0.05) is 14.6 Å². The molecule has 0 atom stereocenters. The molecule has 2 aromatic heterocycles. The van der Waals surface area contributed by atoms with E-state index in [9.17, 15) is 0 Å². The zero-order valence-electron chi connectivity index (χ0n) is 12.3. The molecule has 108 valence electrons. The van der Waals surface area contributed by atoms with Gasteiger partial charge in [-0.05, 0) is 48.6 Å². The monoisotopic (exact) mass is 304 g/mol. The Kier molecular flexibility index (Phi) is 7.10. The smallest absolute Gasteiger partial charge is 0.0273 e. The summed E-state index contributed by atoms with van der Waals surface area (Å²) in [6, 6.07) is 8.81. The van der Waals surface area contributed by atoms with Crippen molar-refractivity contribution in [2.75, 3.05) is 0 Å². The maximum Gasteiger partial charge on any atom is 0.0273 e. The minimum absolute atomic E-state index is 1.25. The van der Waals surface area contributed by atoms with Crippen LogP contribution in [0.25, 0.3) is 12.2 Å². The third kappa shape index (κ3) is 5.64. The van der Waals surface area contributed by atoms with Crippen LogP contribution in [0.5, 0.6) is 0 Å². The molecule has 0 saturated carbocycles. The topological polar surface area (TPSA) is 0 Å². The van der Waals surface area contributed by atoms with Crippen LogP contribution < -0.4 is 0 Å². The molecule has 2 heteroatoms. The molecule has 20 heavy (non-hydrogen) atoms. The van der Waals surface area contributed by atoms with Gasteiger partial charge in [-0.3, -0.25) is 0 Å². The van der Waals surface area contributed by atoms with E-state index < -0.39 is 0 Å². The fourth-order valence-corrected chi connectivity index (χ4v) is 3.82. The SMILES string of the molecule is CCCCCCCCc1ccc(/C=C/c2cccs2)s1. The van der Waals surface area contributed by atoms with Gasteiger partial charge in [-0.15, -0.1) is 22.7 Å². The highest BCUT2D eigenvalue weighted by molar-refractivity contribution is 7.13. The van der Waals surface area contributed by atoms with E-state index in [0.717, 1.165) is 0 Å². The fourth-order valence-electron chi connectivity index (χ4n) is 2.25. The third-order valence-corrected chi connectivity index (χ3v) is 5.36. The van der Waals surface area contributed by atoms with Crippen LogP contribution in [0.3, 0.4) is 0 Å². The van der Waals surface area contributed by atoms with Crippen molar-refractivity contribution in [3.05, 3.63) is 44.3 Å². The van der Waals surface area contributed by atoms with E-state index in [-0.39, 0.29) is 0 Å². The number of thiophene rings is 2. The Morgan fingerprint density at radius 3 is 2.50 bits per heavy atom. The Morgan fingerprint density at radius 1 is 0.900 bits per heavy atom. The van der Waals surface area contributed by atoms with Crippen molar-refractivity contribution in [3.63, 3.8) is 0 Å². The van der Waals surface area contributed by atoms with Crippen molar-refractivity contribution < 1.29 is 0 Å². The van der Waals surface area contributed by atoms with E-state index in [2.05, 4.69) is 48.7 Å². The van der Waals surface area contributed by atoms with Crippen LogP contribution in [0.4, 0.5) is 0 Å². The Bertz CT molecular complexity index is 491. The minimum atomic E-state index is 1.25. The largest absolute Gasteiger partial charge is 0.144 e. The first-order valence-corrected chi connectivity index (χ1v) is 9.38. The molecule has 0 bridgehead atoms. The molecule has 0 saturated heterocycles. The summed E-state index contributed by atoms with van der Waals surface area (Å²) in [4.78, 5) is 4.24. The van der Waals surface area contributed by atoms with Gasteiger partial charge >= 0.3 is 0 Å². The molecule has 0 fully saturated rings. The highest BCUT2D eigenvalue weighted by atomic mass is 32.1. The molecule has 0 unspecified atom stereocenters. The lowest BCUT2D eigenvalue weighted by atomic mass is 10.1. The molecule has 0 aromatic carbocycles. The summed E-state index contributed by atoms with van der Waals surface area (Å²) in [5.41, 5.74) is 0. The van der Waals surface area contributed by atoms with Crippen LogP contribution in [-0.4, -0.2) is 0 Å². The molecular formula is C18H24S2. The van der Waals surface area contributed by atoms with Crippen LogP contribution in [0.15, 0.2) is 29.6 Å². The molecule has 2 aromatic rings. The van der Waals surface area contributed by atoms with Crippen LogP contribution >= 0.6 is 22.7 Å². The standard InChI is InChI=1S/C18H24S2/c1-2-3-4-5-6-7-9-17-13-14-18(20-17)12-11-16-10-8-15-19-16/h8,10-15H,2-7,9H2,1H3/b12-11+. The molecule has 0 aliphatic heterocycles. The molecule has 0 radical (unpaired) electrons. The molecule has 2 rings (SSSR count). The first kappa shape index (κ1) is 15.5. The van der Waals surface area contributed by atoms with Gasteiger partial charge < -0.3 is 0 Å². The van der Waals surface area contributed by atoms with Gasteiger partial charge in [0.2, 0.25) is 0 Å². The number of rotatable bonds is 9. The molecule has 0 aliphatic carbocycles. The minimum Gasteiger partial charge on any atom is -0.144 e. The normalized spacial score (nSPS) is 11.4. The van der Waals surface area contributed by atoms with Crippen LogP contribution in [0.2, 0.25) is 0 Å². The number of hydrogen-bond donors (Lipinski definition) is 0. The molecule has 0 amide bonds. The van der Waals surface area contributed by atoms with Gasteiger partial charge in [-0.2, -0.15) is 0 Å². The molecule has 0 N–H and O–H groups in total. The quantitative estimate of drug-likeness (QED) is 0.443. The van der Waals surface area contributed by atoms with E-state index in [1.54, 1.807) is 11.3 Å². The summed E-state index contributed by atoms with van der Waals surface area (Å²) < 4.78 is 0. The predicted molar refractivity (Wildman–Crippen MR) is 94.6 cm³/mol. The molecule has 0 spiro atoms. The first-order chi connectivity index (χ1) is 9.88. The van der Waals surface area contributed by atoms with Gasteiger partial charge in [-0.1, -0.05) is 45.1 Å². The maximum absolute atomic E-state index is 2.30. The van der Waals surface area contributed by atoms with Gasteiger partial charge in [0.15, 0.2) is 0 Å². The molecule has 0 aliphatic rings. The van der Waals surface area contributed by atoms with E-state index >= 15 is 0 Å². The predicted octanol–water partition coefficient (Wildman–Crippen LogP) is 6.88. The Labute approximate surface area is 131 Å². The zero-order valence-corrected chi connectivity index (χ0v) is 13.9. The van der Waals surface area contributed by atoms with Crippen molar-refractivity contribution in [3.8, 4) is 0 Å². The van der Waals surface area contributed by atoms with Crippen LogP contribution in [0, 0.1) is 0 Å². The van der Waals surface area contributed by atoms with E-state index in [0.29, 0.717) is 0 Å². The van der Waals surface area contributed by atoms with Crippen molar-refractivity contribution in [1.82, 2.24) is 0 Å². The van der Waals surface area contributed by atoms with E-state index in [1.165, 1.54) is 59.6 Å². The van der Waals surface area contributed by atoms with E-state index in [1.807, 2.05) is 11.3 Å². The highest BCUT2D eigenvalue weighted by Gasteiger charge is 1.98. The zero-order chi connectivity index (χ0) is 14.0. The Hall–Kier alpha value is -0.860. The summed E-state index contributed by atoms with van der Waals surface area (Å²) in [5, 5.41) is 2.12. The third-order valence-electron chi connectivity index (χ3n) is 3.41. The van der Waals surface area contributed by atoms with Crippen molar-refractivity contribution in [1.29, 1.82) is 0 Å². The first-order valence-electron chi connectivity index (χ1n) is 7.69. The molecular weight excluding hydrogens is 280 g/mol. The second-order valence-corrected chi connectivity index (χ2v) is 7.35. The van der Waals surface area contributed by atoms with Crippen LogP contribution in [-0.2, 0) is 6.42 Å². The van der Waals surface area contributed by atoms with Crippen LogP contribution in [0.1, 0.15) is 60.1 Å². The average molecular weight is 305 g/mol. The van der Waals surface area contributed by atoms with Crippen molar-refractivity contribution >= 4 is 34.8 Å². The number of aryl methyl sites for hydroxylation is 1. The lowest BCUT2D eigenvalue weighted by Gasteiger charge is -1.99. The summed E-state index contributed by atoms with van der Waals surface area (Å²) >= 11 is 3.73. The number of unbranched alkanes of at least 4 members (excludes halogenated alkanes) is 5. The van der Waals surface area contributed by atoms with Crippen molar-refractivity contribution in [2.24, 2.45) is 0 Å². The Morgan fingerprint density at radius 2 is 1.70 bits per heavy atom. The summed E-state index contributed by atoms with van der Waals surface area (Å²) in [6.07, 6.45) is 14.0. The second kappa shape index (κ2) is 9.15. The van der Waals surface area contributed by atoms with Gasteiger partial charge in [0.1, 0.15) is 0 Å². The second-order valence-electron chi connectivity index (χ2n) is 5.17. The summed E-state index contributed by atoms with van der Waals surface area (Å²) in [5.74, 6) is 0. The van der Waals surface area contributed by atoms with Gasteiger partial charge in [0.25, 0.3) is 0 Å². The molecule has 2 heterocycles. The lowest BCUT2D eigenvalue weighted by Crippen LogP contribution is -1.82. The Balaban J connectivity index is 1.69. The fraction of sp³-hybridized carbons (Fsp3) is 0.444. The summed E-state index contributed by atoms with van der Waals surface area (Å²) in [6.45, 7) is 2.27. The maximum atomic E-state index is 2.30. The lowest BCUT2D eigenvalue weighted by molar-refractivity contribution is 0.609. The molecule has 0 nitrogen and oxygen atoms in total. The van der Waals surface area contributed by atoms with Gasteiger partial charge in [0.05, 0.1) is 0 Å². The van der Waals surface area contributed by atoms with Gasteiger partial charge in [-0.25, -0.2) is 0 Å². The number of hydrogen-bond acceptors (Lipinski definition) is 2. The van der Waals surface area contributed by atoms with E-state index in [4.69, 9.17) is 0 Å². The van der Waals surface area contributed by atoms with Crippen molar-refractivity contribution in [2.45, 2.75) is 51.9 Å².